The molecule has 6 heteroatoms. The number of aromatic amines is 1. The van der Waals surface area contributed by atoms with Crippen LogP contribution in [0.5, 0.6) is 0 Å². The number of rotatable bonds is 4. The largest absolute Gasteiger partial charge is 0.357 e. The Morgan fingerprint density at radius 1 is 1.03 bits per heavy atom. The normalized spacial score (nSPS) is 15.9. The van der Waals surface area contributed by atoms with E-state index in [0.717, 1.165) is 46.3 Å². The van der Waals surface area contributed by atoms with Gasteiger partial charge in [-0.1, -0.05) is 41.9 Å². The summed E-state index contributed by atoms with van der Waals surface area (Å²) >= 11 is 6.61. The number of nitrogens with zero attached hydrogens (tertiary/aromatic N) is 1. The molecule has 0 unspecified atom stereocenters. The van der Waals surface area contributed by atoms with Crippen molar-refractivity contribution in [2.24, 2.45) is 0 Å². The summed E-state index contributed by atoms with van der Waals surface area (Å²) in [5, 5.41) is 3.77. The summed E-state index contributed by atoms with van der Waals surface area (Å²) in [5.74, 6) is -0.792. The molecule has 0 bridgehead atoms. The Labute approximate surface area is 179 Å². The van der Waals surface area contributed by atoms with Gasteiger partial charge in [0.15, 0.2) is 0 Å². The van der Waals surface area contributed by atoms with Gasteiger partial charge in [0.25, 0.3) is 11.8 Å². The van der Waals surface area contributed by atoms with Crippen LogP contribution in [0.15, 0.2) is 54.1 Å². The van der Waals surface area contributed by atoms with Gasteiger partial charge in [-0.25, -0.2) is 0 Å². The van der Waals surface area contributed by atoms with Gasteiger partial charge in [0.05, 0.1) is 11.1 Å². The van der Waals surface area contributed by atoms with E-state index in [1.807, 2.05) is 56.6 Å². The highest BCUT2D eigenvalue weighted by molar-refractivity contribution is 6.45. The number of nitrogens with one attached hydrogen (secondary N) is 2. The molecule has 0 atom stereocenters. The Bertz CT molecular complexity index is 1300. The van der Waals surface area contributed by atoms with Crippen LogP contribution in [0.25, 0.3) is 22.0 Å². The molecule has 5 rings (SSSR count). The fourth-order valence-electron chi connectivity index (χ4n) is 4.39. The Hall–Kier alpha value is -3.15. The molecule has 3 aromatic rings. The van der Waals surface area contributed by atoms with Gasteiger partial charge >= 0.3 is 0 Å². The Morgan fingerprint density at radius 2 is 1.80 bits per heavy atom. The second-order valence-electron chi connectivity index (χ2n) is 7.93. The topological polar surface area (TPSA) is 65.2 Å². The molecule has 2 heterocycles. The van der Waals surface area contributed by atoms with Crippen molar-refractivity contribution in [1.82, 2.24) is 15.2 Å². The molecular weight excluding hydrogens is 398 g/mol. The number of fused-ring (bicyclic) bond motifs is 2. The number of hydrogen-bond acceptors (Lipinski definition) is 3. The lowest BCUT2D eigenvalue weighted by atomic mass is 9.91. The number of halogens is 1. The summed E-state index contributed by atoms with van der Waals surface area (Å²) in [6, 6.07) is 13.6. The van der Waals surface area contributed by atoms with E-state index in [-0.39, 0.29) is 5.91 Å². The van der Waals surface area contributed by atoms with Crippen LogP contribution in [0.1, 0.15) is 22.4 Å². The third kappa shape index (κ3) is 2.90. The van der Waals surface area contributed by atoms with Gasteiger partial charge in [-0.15, -0.1) is 0 Å². The fourth-order valence-corrected chi connectivity index (χ4v) is 4.64. The number of imide groups is 1. The number of benzene rings is 2. The van der Waals surface area contributed by atoms with Crippen molar-refractivity contribution in [3.8, 4) is 0 Å². The number of carbonyl (C=O) groups is 2. The predicted octanol–water partition coefficient (Wildman–Crippen LogP) is 3.93. The summed E-state index contributed by atoms with van der Waals surface area (Å²) in [7, 11) is 3.99. The number of amides is 2. The van der Waals surface area contributed by atoms with Crippen molar-refractivity contribution < 1.29 is 9.59 Å². The van der Waals surface area contributed by atoms with Gasteiger partial charge in [0.2, 0.25) is 0 Å². The van der Waals surface area contributed by atoms with Crippen LogP contribution in [-0.2, 0) is 22.6 Å². The second-order valence-corrected chi connectivity index (χ2v) is 8.34. The van der Waals surface area contributed by atoms with E-state index in [2.05, 4.69) is 15.2 Å². The molecule has 30 heavy (non-hydrogen) atoms. The molecule has 150 valence electrons. The molecule has 1 aliphatic heterocycles. The van der Waals surface area contributed by atoms with Crippen LogP contribution in [0.2, 0.25) is 5.02 Å². The first-order chi connectivity index (χ1) is 14.4. The average molecular weight is 418 g/mol. The zero-order valence-electron chi connectivity index (χ0n) is 16.7. The van der Waals surface area contributed by atoms with Crippen LogP contribution in [0, 0.1) is 0 Å². The zero-order chi connectivity index (χ0) is 21.0. The van der Waals surface area contributed by atoms with E-state index >= 15 is 0 Å². The summed E-state index contributed by atoms with van der Waals surface area (Å²) in [6.07, 6.45) is 2.75. The molecule has 2 aliphatic rings. The van der Waals surface area contributed by atoms with Crippen molar-refractivity contribution in [3.63, 3.8) is 0 Å². The lowest BCUT2D eigenvalue weighted by Gasteiger charge is -2.10. The first-order valence-corrected chi connectivity index (χ1v) is 10.2. The molecule has 0 saturated carbocycles. The van der Waals surface area contributed by atoms with Gasteiger partial charge in [-0.2, -0.15) is 0 Å². The van der Waals surface area contributed by atoms with Crippen molar-refractivity contribution in [2.45, 2.75) is 13.0 Å². The Balaban J connectivity index is 1.76. The lowest BCUT2D eigenvalue weighted by molar-refractivity contribution is -0.123. The minimum absolute atomic E-state index is 0.342. The summed E-state index contributed by atoms with van der Waals surface area (Å²) < 4.78 is 0. The molecule has 0 fully saturated rings. The van der Waals surface area contributed by atoms with Crippen LogP contribution in [-0.4, -0.2) is 35.8 Å². The number of H-pyrrole nitrogens is 1. The molecule has 0 saturated heterocycles. The zero-order valence-corrected chi connectivity index (χ0v) is 17.4. The summed E-state index contributed by atoms with van der Waals surface area (Å²) in [6.45, 7) is 0.724. The second kappa shape index (κ2) is 6.97. The van der Waals surface area contributed by atoms with E-state index in [4.69, 9.17) is 11.6 Å². The number of hydrogen-bond donors (Lipinski definition) is 2. The lowest BCUT2D eigenvalue weighted by Crippen LogP contribution is -2.23. The van der Waals surface area contributed by atoms with Crippen LogP contribution >= 0.6 is 11.6 Å². The minimum atomic E-state index is -0.412. The summed E-state index contributed by atoms with van der Waals surface area (Å²) in [5.41, 5.74) is 6.15. The van der Waals surface area contributed by atoms with E-state index in [1.54, 1.807) is 6.07 Å². The highest BCUT2D eigenvalue weighted by Crippen LogP contribution is 2.42. The van der Waals surface area contributed by atoms with Crippen LogP contribution in [0.4, 0.5) is 0 Å². The van der Waals surface area contributed by atoms with E-state index in [0.29, 0.717) is 21.7 Å². The smallest absolute Gasteiger partial charge is 0.259 e. The molecule has 0 spiro atoms. The quantitative estimate of drug-likeness (QED) is 0.632. The van der Waals surface area contributed by atoms with Crippen LogP contribution in [0.3, 0.4) is 0 Å². The maximum absolute atomic E-state index is 13.0. The van der Waals surface area contributed by atoms with Gasteiger partial charge in [0.1, 0.15) is 0 Å². The molecule has 2 aromatic carbocycles. The maximum Gasteiger partial charge on any atom is 0.259 e. The van der Waals surface area contributed by atoms with Gasteiger partial charge in [0, 0.05) is 33.7 Å². The van der Waals surface area contributed by atoms with E-state index in [1.165, 1.54) is 0 Å². The molecule has 2 N–H and O–H groups in total. The monoisotopic (exact) mass is 417 g/mol. The molecule has 2 amide bonds. The van der Waals surface area contributed by atoms with Crippen molar-refractivity contribution in [1.29, 1.82) is 0 Å². The highest BCUT2D eigenvalue weighted by atomic mass is 35.5. The number of allylic oxidation sites excluding steroid dienone is 1. The first-order valence-electron chi connectivity index (χ1n) is 9.78. The molecule has 1 aliphatic carbocycles. The number of carbonyl (C=O) groups excluding carboxylic acids is 2. The van der Waals surface area contributed by atoms with Gasteiger partial charge in [-0.3, -0.25) is 14.9 Å². The maximum atomic E-state index is 13.0. The predicted molar refractivity (Wildman–Crippen MR) is 119 cm³/mol. The highest BCUT2D eigenvalue weighted by Gasteiger charge is 2.37. The molecule has 1 aromatic heterocycles. The molecule has 0 radical (unpaired) electrons. The van der Waals surface area contributed by atoms with Crippen molar-refractivity contribution in [3.05, 3.63) is 81.5 Å². The fraction of sp³-hybridized carbons (Fsp3) is 0.167. The third-order valence-corrected chi connectivity index (χ3v) is 5.89. The molecular formula is C24H20ClN3O2. The summed E-state index contributed by atoms with van der Waals surface area (Å²) in [4.78, 5) is 31.3. The average Bonchev–Trinajstić information content (AvgIpc) is 3.36. The first kappa shape index (κ1) is 18.9. The standard InChI is InChI=1S/C24H20ClN3O2/c1-28(2)12-14-11-17-19(26-14)10-9-18(25)20(17)22-21(23(29)27-24(22)30)16-8-7-13-5-3-4-6-15(13)16/h3-6,8-11,26H,7,12H2,1-2H3,(H,27,29,30). The SMILES string of the molecule is CN(C)Cc1cc2c(C3=C(C4=CCc5ccccc54)C(=O)NC3=O)c(Cl)ccc2[nH]1. The van der Waals surface area contributed by atoms with Crippen LogP contribution < -0.4 is 5.32 Å². The van der Waals surface area contributed by atoms with Crippen molar-refractivity contribution >= 4 is 45.5 Å². The Morgan fingerprint density at radius 3 is 2.60 bits per heavy atom. The third-order valence-electron chi connectivity index (χ3n) is 5.58. The van der Waals surface area contributed by atoms with E-state index in [9.17, 15) is 9.59 Å². The van der Waals surface area contributed by atoms with E-state index < -0.39 is 5.91 Å². The number of aromatic nitrogens is 1. The Kier molecular flexibility index (Phi) is 4.38. The van der Waals surface area contributed by atoms with Crippen molar-refractivity contribution in [2.75, 3.05) is 14.1 Å². The van der Waals surface area contributed by atoms with Gasteiger partial charge < -0.3 is 9.88 Å². The minimum Gasteiger partial charge on any atom is -0.357 e. The van der Waals surface area contributed by atoms with Gasteiger partial charge in [-0.05, 0) is 55.4 Å². The molecule has 5 nitrogen and oxygen atoms in total.